The first kappa shape index (κ1) is 26.4. The third kappa shape index (κ3) is 9.66. The van der Waals surface area contributed by atoms with Gasteiger partial charge < -0.3 is 20.7 Å². The Bertz CT molecular complexity index is 874. The molecule has 2 aromatic carbocycles. The Kier molecular flexibility index (Phi) is 9.92. The molecule has 6 heteroatoms. The largest absolute Gasteiger partial charge is 0.489 e. The van der Waals surface area contributed by atoms with E-state index in [0.29, 0.717) is 25.4 Å². The van der Waals surface area contributed by atoms with Crippen molar-refractivity contribution in [2.24, 2.45) is 5.92 Å². The van der Waals surface area contributed by atoms with E-state index in [1.165, 1.54) is 0 Å². The summed E-state index contributed by atoms with van der Waals surface area (Å²) in [4.78, 5) is 25.9. The summed E-state index contributed by atoms with van der Waals surface area (Å²) < 4.78 is 5.86. The molecule has 2 rings (SSSR count). The molecular formula is C27H39N3O3. The van der Waals surface area contributed by atoms with Crippen LogP contribution in [0.25, 0.3) is 0 Å². The zero-order chi connectivity index (χ0) is 24.4. The standard InChI is InChI=1S/C27H39N3O3/c1-19(2)16-23(28-6)25(31)29-24(26(32)30-27(3,4)5)17-20-12-14-22(15-13-20)33-18-21-10-8-7-9-11-21/h7-15,19,23-24,28H,16-18H2,1-6H3,(H,29,31)(H,30,32)/t23-,24-/m0/s1. The second kappa shape index (κ2) is 12.4. The molecule has 0 radical (unpaired) electrons. The summed E-state index contributed by atoms with van der Waals surface area (Å²) in [7, 11) is 1.77. The Balaban J connectivity index is 2.08. The second-order valence-electron chi connectivity index (χ2n) is 9.89. The molecule has 2 amide bonds. The highest BCUT2D eigenvalue weighted by Gasteiger charge is 2.27. The number of likely N-dealkylation sites (N-methyl/N-ethyl adjacent to an activating group) is 1. The minimum absolute atomic E-state index is 0.164. The smallest absolute Gasteiger partial charge is 0.243 e. The molecule has 0 heterocycles. The van der Waals surface area contributed by atoms with Crippen molar-refractivity contribution < 1.29 is 14.3 Å². The van der Waals surface area contributed by atoms with Gasteiger partial charge in [-0.3, -0.25) is 9.59 Å². The van der Waals surface area contributed by atoms with Gasteiger partial charge in [-0.15, -0.1) is 0 Å². The topological polar surface area (TPSA) is 79.5 Å². The number of hydrogen-bond acceptors (Lipinski definition) is 4. The molecule has 0 unspecified atom stereocenters. The van der Waals surface area contributed by atoms with Gasteiger partial charge in [0.15, 0.2) is 0 Å². The average Bonchev–Trinajstić information content (AvgIpc) is 2.75. The third-order valence-corrected chi connectivity index (χ3v) is 5.11. The first-order chi connectivity index (χ1) is 15.6. The molecular weight excluding hydrogens is 414 g/mol. The Hall–Kier alpha value is -2.86. The maximum Gasteiger partial charge on any atom is 0.243 e. The number of rotatable bonds is 11. The third-order valence-electron chi connectivity index (χ3n) is 5.11. The number of benzene rings is 2. The van der Waals surface area contributed by atoms with E-state index in [9.17, 15) is 9.59 Å². The highest BCUT2D eigenvalue weighted by Crippen LogP contribution is 2.16. The molecule has 0 spiro atoms. The van der Waals surface area contributed by atoms with Gasteiger partial charge in [-0.05, 0) is 63.4 Å². The molecule has 2 atom stereocenters. The van der Waals surface area contributed by atoms with Gasteiger partial charge in [-0.1, -0.05) is 56.3 Å². The van der Waals surface area contributed by atoms with E-state index < -0.39 is 11.6 Å². The van der Waals surface area contributed by atoms with Crippen molar-refractivity contribution in [1.29, 1.82) is 0 Å². The van der Waals surface area contributed by atoms with Crippen LogP contribution in [-0.2, 0) is 22.6 Å². The molecule has 0 bridgehead atoms. The Morgan fingerprint density at radius 2 is 1.52 bits per heavy atom. The first-order valence-corrected chi connectivity index (χ1v) is 11.6. The van der Waals surface area contributed by atoms with Crippen LogP contribution in [0.5, 0.6) is 5.75 Å². The molecule has 6 nitrogen and oxygen atoms in total. The highest BCUT2D eigenvalue weighted by atomic mass is 16.5. The monoisotopic (exact) mass is 453 g/mol. The number of ether oxygens (including phenoxy) is 1. The van der Waals surface area contributed by atoms with Crippen LogP contribution >= 0.6 is 0 Å². The van der Waals surface area contributed by atoms with Crippen molar-refractivity contribution >= 4 is 11.8 Å². The average molecular weight is 454 g/mol. The Morgan fingerprint density at radius 1 is 0.879 bits per heavy atom. The van der Waals surface area contributed by atoms with Crippen molar-refractivity contribution in [1.82, 2.24) is 16.0 Å². The summed E-state index contributed by atoms with van der Waals surface area (Å²) in [5, 5.41) is 9.02. The maximum absolute atomic E-state index is 13.0. The summed E-state index contributed by atoms with van der Waals surface area (Å²) >= 11 is 0. The van der Waals surface area contributed by atoms with Gasteiger partial charge in [0.2, 0.25) is 11.8 Å². The molecule has 33 heavy (non-hydrogen) atoms. The number of amides is 2. The van der Waals surface area contributed by atoms with Crippen LogP contribution in [0.4, 0.5) is 0 Å². The van der Waals surface area contributed by atoms with Gasteiger partial charge in [-0.25, -0.2) is 0 Å². The van der Waals surface area contributed by atoms with Crippen LogP contribution in [-0.4, -0.2) is 36.5 Å². The van der Waals surface area contributed by atoms with Crippen LogP contribution in [0.1, 0.15) is 52.2 Å². The molecule has 0 aliphatic heterocycles. The van der Waals surface area contributed by atoms with E-state index in [0.717, 1.165) is 16.9 Å². The van der Waals surface area contributed by atoms with E-state index >= 15 is 0 Å². The second-order valence-corrected chi connectivity index (χ2v) is 9.89. The summed E-state index contributed by atoms with van der Waals surface area (Å²) in [6.07, 6.45) is 1.09. The quantitative estimate of drug-likeness (QED) is 0.483. The van der Waals surface area contributed by atoms with E-state index in [1.807, 2.05) is 75.4 Å². The number of nitrogens with one attached hydrogen (secondary N) is 3. The van der Waals surface area contributed by atoms with Gasteiger partial charge in [0, 0.05) is 12.0 Å². The Labute approximate surface area is 198 Å². The first-order valence-electron chi connectivity index (χ1n) is 11.6. The lowest BCUT2D eigenvalue weighted by Crippen LogP contribution is -2.56. The van der Waals surface area contributed by atoms with Gasteiger partial charge in [0.25, 0.3) is 0 Å². The summed E-state index contributed by atoms with van der Waals surface area (Å²) in [5.41, 5.74) is 1.65. The lowest BCUT2D eigenvalue weighted by Gasteiger charge is -2.27. The molecule has 0 saturated heterocycles. The van der Waals surface area contributed by atoms with E-state index in [4.69, 9.17) is 4.74 Å². The van der Waals surface area contributed by atoms with Crippen LogP contribution in [0, 0.1) is 5.92 Å². The number of carbonyl (C=O) groups excluding carboxylic acids is 2. The molecule has 180 valence electrons. The van der Waals surface area contributed by atoms with Gasteiger partial charge in [0.1, 0.15) is 18.4 Å². The van der Waals surface area contributed by atoms with Gasteiger partial charge in [0.05, 0.1) is 6.04 Å². The van der Waals surface area contributed by atoms with Gasteiger partial charge >= 0.3 is 0 Å². The summed E-state index contributed by atoms with van der Waals surface area (Å²) in [6, 6.07) is 16.6. The fraction of sp³-hybridized carbons (Fsp3) is 0.481. The molecule has 0 aromatic heterocycles. The lowest BCUT2D eigenvalue weighted by molar-refractivity contribution is -0.131. The van der Waals surface area contributed by atoms with Crippen molar-refractivity contribution in [3.8, 4) is 5.75 Å². The highest BCUT2D eigenvalue weighted by molar-refractivity contribution is 5.90. The van der Waals surface area contributed by atoms with Crippen LogP contribution in [0.15, 0.2) is 54.6 Å². The summed E-state index contributed by atoms with van der Waals surface area (Å²) in [5.74, 6) is 0.760. The fourth-order valence-electron chi connectivity index (χ4n) is 3.46. The van der Waals surface area contributed by atoms with Crippen LogP contribution in [0.3, 0.4) is 0 Å². The molecule has 0 fully saturated rings. The number of carbonyl (C=O) groups is 2. The molecule has 0 aliphatic rings. The van der Waals surface area contributed by atoms with E-state index in [2.05, 4.69) is 29.8 Å². The van der Waals surface area contributed by atoms with Crippen molar-refractivity contribution in [2.75, 3.05) is 7.05 Å². The fourth-order valence-corrected chi connectivity index (χ4v) is 3.46. The zero-order valence-electron chi connectivity index (χ0n) is 20.8. The van der Waals surface area contributed by atoms with Crippen molar-refractivity contribution in [2.45, 2.75) is 71.7 Å². The SMILES string of the molecule is CN[C@@H](CC(C)C)C(=O)N[C@@H](Cc1ccc(OCc2ccccc2)cc1)C(=O)NC(C)(C)C. The van der Waals surface area contributed by atoms with Crippen LogP contribution < -0.4 is 20.7 Å². The van der Waals surface area contributed by atoms with Gasteiger partial charge in [-0.2, -0.15) is 0 Å². The van der Waals surface area contributed by atoms with Crippen molar-refractivity contribution in [3.63, 3.8) is 0 Å². The van der Waals surface area contributed by atoms with E-state index in [1.54, 1.807) is 7.05 Å². The summed E-state index contributed by atoms with van der Waals surface area (Å²) in [6.45, 7) is 10.4. The molecule has 0 saturated carbocycles. The van der Waals surface area contributed by atoms with Crippen molar-refractivity contribution in [3.05, 3.63) is 65.7 Å². The molecule has 3 N–H and O–H groups in total. The zero-order valence-corrected chi connectivity index (χ0v) is 20.8. The molecule has 2 aromatic rings. The predicted octanol–water partition coefficient (Wildman–Crippen LogP) is 3.84. The number of hydrogen-bond donors (Lipinski definition) is 3. The van der Waals surface area contributed by atoms with E-state index in [-0.39, 0.29) is 17.9 Å². The predicted molar refractivity (Wildman–Crippen MR) is 133 cm³/mol. The maximum atomic E-state index is 13.0. The normalized spacial score (nSPS) is 13.3. The molecule has 0 aliphatic carbocycles. The van der Waals surface area contributed by atoms with Crippen LogP contribution in [0.2, 0.25) is 0 Å². The minimum Gasteiger partial charge on any atom is -0.489 e. The Morgan fingerprint density at radius 3 is 2.06 bits per heavy atom. The minimum atomic E-state index is -0.671. The lowest BCUT2D eigenvalue weighted by atomic mass is 10.0.